The standard InChI is InChI=1S/C20H29N5O3.ClH/c1-15(2)28-11-10-27-14-16-4-3-5-17(12-16)22-20(26)19-13-25(24-23-19)18-6-8-21-9-7-18;/h3-5,12-13,15,18,21H,6-11,14H2,1-2H3,(H,22,26);1H. The Morgan fingerprint density at radius 3 is 2.86 bits per heavy atom. The maximum Gasteiger partial charge on any atom is 0.277 e. The van der Waals surface area contributed by atoms with E-state index in [0.29, 0.717) is 37.2 Å². The number of amides is 1. The number of aromatic nitrogens is 3. The minimum atomic E-state index is -0.261. The molecule has 1 aromatic heterocycles. The van der Waals surface area contributed by atoms with Crippen LogP contribution in [-0.4, -0.2) is 53.3 Å². The second kappa shape index (κ2) is 11.9. The highest BCUT2D eigenvalue weighted by molar-refractivity contribution is 6.02. The van der Waals surface area contributed by atoms with Gasteiger partial charge in [-0.3, -0.25) is 4.79 Å². The molecule has 0 aliphatic carbocycles. The topological polar surface area (TPSA) is 90.3 Å². The molecule has 1 aliphatic heterocycles. The third-order valence-electron chi connectivity index (χ3n) is 4.56. The highest BCUT2D eigenvalue weighted by atomic mass is 35.5. The molecule has 1 fully saturated rings. The molecular formula is C20H30ClN5O3. The van der Waals surface area contributed by atoms with Gasteiger partial charge in [0.05, 0.1) is 38.2 Å². The summed E-state index contributed by atoms with van der Waals surface area (Å²) in [6.45, 7) is 7.50. The molecule has 9 heteroatoms. The van der Waals surface area contributed by atoms with Crippen molar-refractivity contribution in [3.63, 3.8) is 0 Å². The zero-order chi connectivity index (χ0) is 19.8. The fourth-order valence-electron chi connectivity index (χ4n) is 3.10. The lowest BCUT2D eigenvalue weighted by Gasteiger charge is -2.22. The molecule has 2 N–H and O–H groups in total. The SMILES string of the molecule is CC(C)OCCOCc1cccc(NC(=O)c2cn(C3CCNCC3)nn2)c1.Cl. The van der Waals surface area contributed by atoms with Crippen molar-refractivity contribution < 1.29 is 14.3 Å². The van der Waals surface area contributed by atoms with Gasteiger partial charge in [-0.2, -0.15) is 0 Å². The van der Waals surface area contributed by atoms with Crippen molar-refractivity contribution in [1.29, 1.82) is 0 Å². The Morgan fingerprint density at radius 1 is 1.31 bits per heavy atom. The second-order valence-electron chi connectivity index (χ2n) is 7.19. The summed E-state index contributed by atoms with van der Waals surface area (Å²) >= 11 is 0. The van der Waals surface area contributed by atoms with Crippen LogP contribution in [0.2, 0.25) is 0 Å². The molecule has 8 nitrogen and oxygen atoms in total. The van der Waals surface area contributed by atoms with Gasteiger partial charge in [0.1, 0.15) is 0 Å². The van der Waals surface area contributed by atoms with Gasteiger partial charge in [0.25, 0.3) is 5.91 Å². The van der Waals surface area contributed by atoms with Gasteiger partial charge in [0.15, 0.2) is 5.69 Å². The summed E-state index contributed by atoms with van der Waals surface area (Å²) in [5.41, 5.74) is 2.02. The molecule has 1 aliphatic rings. The van der Waals surface area contributed by atoms with E-state index in [1.54, 1.807) is 10.9 Å². The van der Waals surface area contributed by atoms with E-state index in [1.807, 2.05) is 38.1 Å². The van der Waals surface area contributed by atoms with Crippen molar-refractivity contribution in [3.8, 4) is 0 Å². The molecule has 1 amide bonds. The quantitative estimate of drug-likeness (QED) is 0.603. The van der Waals surface area contributed by atoms with E-state index >= 15 is 0 Å². The van der Waals surface area contributed by atoms with E-state index < -0.39 is 0 Å². The molecule has 1 aromatic carbocycles. The Balaban J connectivity index is 0.00000300. The molecule has 0 saturated carbocycles. The average molecular weight is 424 g/mol. The number of carbonyl (C=O) groups is 1. The Labute approximate surface area is 177 Å². The summed E-state index contributed by atoms with van der Waals surface area (Å²) in [6, 6.07) is 7.91. The minimum absolute atomic E-state index is 0. The maximum atomic E-state index is 12.5. The van der Waals surface area contributed by atoms with E-state index in [1.165, 1.54) is 0 Å². The fraction of sp³-hybridized carbons (Fsp3) is 0.550. The van der Waals surface area contributed by atoms with Crippen molar-refractivity contribution >= 4 is 24.0 Å². The van der Waals surface area contributed by atoms with E-state index in [-0.39, 0.29) is 24.4 Å². The predicted molar refractivity (Wildman–Crippen MR) is 114 cm³/mol. The van der Waals surface area contributed by atoms with Crippen LogP contribution < -0.4 is 10.6 Å². The summed E-state index contributed by atoms with van der Waals surface area (Å²) in [5, 5.41) is 14.4. The summed E-state index contributed by atoms with van der Waals surface area (Å²) in [4.78, 5) is 12.5. The summed E-state index contributed by atoms with van der Waals surface area (Å²) < 4.78 is 12.9. The maximum absolute atomic E-state index is 12.5. The van der Waals surface area contributed by atoms with Crippen molar-refractivity contribution in [2.45, 2.75) is 45.4 Å². The van der Waals surface area contributed by atoms with Gasteiger partial charge >= 0.3 is 0 Å². The number of nitrogens with zero attached hydrogens (tertiary/aromatic N) is 3. The Hall–Kier alpha value is -2.00. The van der Waals surface area contributed by atoms with Crippen molar-refractivity contribution in [2.75, 3.05) is 31.6 Å². The smallest absolute Gasteiger partial charge is 0.277 e. The first-order valence-electron chi connectivity index (χ1n) is 9.84. The van der Waals surface area contributed by atoms with Crippen LogP contribution in [0.1, 0.15) is 48.8 Å². The largest absolute Gasteiger partial charge is 0.376 e. The first-order valence-corrected chi connectivity index (χ1v) is 9.84. The number of anilines is 1. The van der Waals surface area contributed by atoms with Gasteiger partial charge in [-0.25, -0.2) is 4.68 Å². The molecule has 0 bridgehead atoms. The molecule has 1 saturated heterocycles. The van der Waals surface area contributed by atoms with Crippen molar-refractivity contribution in [1.82, 2.24) is 20.3 Å². The van der Waals surface area contributed by atoms with E-state index in [4.69, 9.17) is 9.47 Å². The number of piperidine rings is 1. The molecule has 0 unspecified atom stereocenters. The van der Waals surface area contributed by atoms with E-state index in [0.717, 1.165) is 31.5 Å². The summed E-state index contributed by atoms with van der Waals surface area (Å²) in [7, 11) is 0. The van der Waals surface area contributed by atoms with Crippen LogP contribution in [0.15, 0.2) is 30.5 Å². The molecule has 0 spiro atoms. The Morgan fingerprint density at radius 2 is 2.10 bits per heavy atom. The zero-order valence-electron chi connectivity index (χ0n) is 17.0. The number of ether oxygens (including phenoxy) is 2. The highest BCUT2D eigenvalue weighted by Gasteiger charge is 2.18. The number of nitrogens with one attached hydrogen (secondary N) is 2. The van der Waals surface area contributed by atoms with Crippen LogP contribution in [0.4, 0.5) is 5.69 Å². The first-order chi connectivity index (χ1) is 13.6. The van der Waals surface area contributed by atoms with Crippen LogP contribution in [0.5, 0.6) is 0 Å². The van der Waals surface area contributed by atoms with E-state index in [2.05, 4.69) is 20.9 Å². The summed E-state index contributed by atoms with van der Waals surface area (Å²) in [5.74, 6) is -0.261. The molecule has 2 aromatic rings. The molecule has 0 radical (unpaired) electrons. The molecule has 0 atom stereocenters. The number of benzene rings is 1. The Bertz CT molecular complexity index is 762. The van der Waals surface area contributed by atoms with Crippen LogP contribution in [0.25, 0.3) is 0 Å². The zero-order valence-corrected chi connectivity index (χ0v) is 17.8. The van der Waals surface area contributed by atoms with Gasteiger partial charge in [0.2, 0.25) is 0 Å². The average Bonchev–Trinajstić information content (AvgIpc) is 3.19. The van der Waals surface area contributed by atoms with Gasteiger partial charge in [-0.05, 0) is 57.5 Å². The number of carbonyl (C=O) groups excluding carboxylic acids is 1. The lowest BCUT2D eigenvalue weighted by molar-refractivity contribution is 0.0143. The van der Waals surface area contributed by atoms with Gasteiger partial charge in [-0.15, -0.1) is 17.5 Å². The van der Waals surface area contributed by atoms with Crippen LogP contribution in [-0.2, 0) is 16.1 Å². The fourth-order valence-corrected chi connectivity index (χ4v) is 3.10. The lowest BCUT2D eigenvalue weighted by Crippen LogP contribution is -2.29. The normalized spacial score (nSPS) is 14.6. The number of halogens is 1. The third-order valence-corrected chi connectivity index (χ3v) is 4.56. The summed E-state index contributed by atoms with van der Waals surface area (Å²) in [6.07, 6.45) is 3.92. The van der Waals surface area contributed by atoms with Gasteiger partial charge in [-0.1, -0.05) is 17.3 Å². The third kappa shape index (κ3) is 7.40. The lowest BCUT2D eigenvalue weighted by atomic mass is 10.1. The van der Waals surface area contributed by atoms with Crippen molar-refractivity contribution in [3.05, 3.63) is 41.7 Å². The van der Waals surface area contributed by atoms with Crippen LogP contribution in [0.3, 0.4) is 0 Å². The molecule has 3 rings (SSSR count). The second-order valence-corrected chi connectivity index (χ2v) is 7.19. The first kappa shape index (κ1) is 23.3. The molecule has 29 heavy (non-hydrogen) atoms. The highest BCUT2D eigenvalue weighted by Crippen LogP contribution is 2.18. The predicted octanol–water partition coefficient (Wildman–Crippen LogP) is 2.82. The molecule has 2 heterocycles. The van der Waals surface area contributed by atoms with Crippen molar-refractivity contribution in [2.24, 2.45) is 0 Å². The van der Waals surface area contributed by atoms with Crippen LogP contribution >= 0.6 is 12.4 Å². The number of rotatable bonds is 9. The molecular weight excluding hydrogens is 394 g/mol. The number of hydrogen-bond acceptors (Lipinski definition) is 6. The Kier molecular flexibility index (Phi) is 9.53. The van der Waals surface area contributed by atoms with Crippen LogP contribution in [0, 0.1) is 0 Å². The molecule has 160 valence electrons. The number of hydrogen-bond donors (Lipinski definition) is 2. The monoisotopic (exact) mass is 423 g/mol. The van der Waals surface area contributed by atoms with Gasteiger partial charge < -0.3 is 20.1 Å². The minimum Gasteiger partial charge on any atom is -0.376 e. The van der Waals surface area contributed by atoms with Gasteiger partial charge in [0, 0.05) is 5.69 Å². The van der Waals surface area contributed by atoms with E-state index in [9.17, 15) is 4.79 Å².